The summed E-state index contributed by atoms with van der Waals surface area (Å²) in [7, 11) is 3.26. The Morgan fingerprint density at radius 2 is 1.95 bits per heavy atom. The highest BCUT2D eigenvalue weighted by molar-refractivity contribution is 5.43. The maximum absolute atomic E-state index is 8.66. The van der Waals surface area contributed by atoms with E-state index in [1.54, 1.807) is 20.4 Å². The quantitative estimate of drug-likeness (QED) is 0.791. The first-order chi connectivity index (χ1) is 10.8. The molecule has 0 atom stereocenters. The van der Waals surface area contributed by atoms with Crippen molar-refractivity contribution in [3.8, 4) is 17.6 Å². The van der Waals surface area contributed by atoms with E-state index in [1.807, 2.05) is 24.3 Å². The number of benzene rings is 1. The number of hydrogen-bond donors (Lipinski definition) is 1. The Kier molecular flexibility index (Phi) is 5.55. The highest BCUT2D eigenvalue weighted by Gasteiger charge is 2.04. The molecule has 0 radical (unpaired) electrons. The van der Waals surface area contributed by atoms with E-state index in [0.717, 1.165) is 30.9 Å². The topological polar surface area (TPSA) is 80.1 Å². The van der Waals surface area contributed by atoms with Gasteiger partial charge in [-0.15, -0.1) is 0 Å². The van der Waals surface area contributed by atoms with Gasteiger partial charge in [0.05, 0.1) is 26.6 Å². The van der Waals surface area contributed by atoms with E-state index < -0.39 is 0 Å². The standard InChI is InChI=1S/C16H18N4O2/c1-21-14-6-5-12(8-15(14)22-2)4-3-7-18-16-11-19-13(9-17)10-20-16/h5-6,8,10-11H,3-4,7H2,1-2H3,(H,18,20). The van der Waals surface area contributed by atoms with Gasteiger partial charge in [-0.3, -0.25) is 0 Å². The molecule has 0 spiro atoms. The van der Waals surface area contributed by atoms with Gasteiger partial charge >= 0.3 is 0 Å². The SMILES string of the molecule is COc1ccc(CCCNc2cnc(C#N)cn2)cc1OC. The lowest BCUT2D eigenvalue weighted by Crippen LogP contribution is -2.05. The second kappa shape index (κ2) is 7.84. The van der Waals surface area contributed by atoms with Crippen molar-refractivity contribution in [3.63, 3.8) is 0 Å². The summed E-state index contributed by atoms with van der Waals surface area (Å²) in [4.78, 5) is 8.07. The maximum Gasteiger partial charge on any atom is 0.160 e. The first kappa shape index (κ1) is 15.6. The number of rotatable bonds is 7. The number of ether oxygens (including phenoxy) is 2. The van der Waals surface area contributed by atoms with Crippen LogP contribution in [0.4, 0.5) is 5.82 Å². The predicted octanol–water partition coefficient (Wildman–Crippen LogP) is 2.41. The molecule has 22 heavy (non-hydrogen) atoms. The number of methoxy groups -OCH3 is 2. The van der Waals surface area contributed by atoms with Crippen LogP contribution in [0.1, 0.15) is 17.7 Å². The van der Waals surface area contributed by atoms with Gasteiger partial charge in [0.1, 0.15) is 11.9 Å². The molecule has 0 aliphatic heterocycles. The zero-order valence-corrected chi connectivity index (χ0v) is 12.7. The van der Waals surface area contributed by atoms with E-state index >= 15 is 0 Å². The maximum atomic E-state index is 8.66. The fourth-order valence-electron chi connectivity index (χ4n) is 2.02. The number of aryl methyl sites for hydroxylation is 1. The molecule has 0 bridgehead atoms. The minimum atomic E-state index is 0.316. The average molecular weight is 298 g/mol. The molecule has 6 nitrogen and oxygen atoms in total. The molecule has 1 N–H and O–H groups in total. The van der Waals surface area contributed by atoms with Crippen molar-refractivity contribution >= 4 is 5.82 Å². The normalized spacial score (nSPS) is 9.86. The summed E-state index contributed by atoms with van der Waals surface area (Å²) in [5.41, 5.74) is 1.50. The van der Waals surface area contributed by atoms with Crippen LogP contribution in [0.3, 0.4) is 0 Å². The van der Waals surface area contributed by atoms with E-state index in [-0.39, 0.29) is 0 Å². The third kappa shape index (κ3) is 4.09. The summed E-state index contributed by atoms with van der Waals surface area (Å²) < 4.78 is 10.5. The van der Waals surface area contributed by atoms with Crippen LogP contribution in [0.5, 0.6) is 11.5 Å². The molecule has 0 saturated heterocycles. The molecule has 114 valence electrons. The fourth-order valence-corrected chi connectivity index (χ4v) is 2.02. The summed E-state index contributed by atoms with van der Waals surface area (Å²) in [6.07, 6.45) is 4.87. The lowest BCUT2D eigenvalue weighted by atomic mass is 10.1. The minimum Gasteiger partial charge on any atom is -0.493 e. The highest BCUT2D eigenvalue weighted by atomic mass is 16.5. The Hall–Kier alpha value is -2.81. The van der Waals surface area contributed by atoms with Crippen molar-refractivity contribution in [1.82, 2.24) is 9.97 Å². The van der Waals surface area contributed by atoms with Gasteiger partial charge < -0.3 is 14.8 Å². The monoisotopic (exact) mass is 298 g/mol. The summed E-state index contributed by atoms with van der Waals surface area (Å²) in [5.74, 6) is 2.15. The van der Waals surface area contributed by atoms with Crippen molar-refractivity contribution in [2.75, 3.05) is 26.1 Å². The van der Waals surface area contributed by atoms with Crippen LogP contribution in [0, 0.1) is 11.3 Å². The molecule has 0 aliphatic carbocycles. The zero-order valence-electron chi connectivity index (χ0n) is 12.7. The van der Waals surface area contributed by atoms with Crippen molar-refractivity contribution in [2.24, 2.45) is 0 Å². The third-order valence-electron chi connectivity index (χ3n) is 3.16. The van der Waals surface area contributed by atoms with Gasteiger partial charge in [-0.1, -0.05) is 6.07 Å². The van der Waals surface area contributed by atoms with Crippen molar-refractivity contribution in [3.05, 3.63) is 41.9 Å². The number of anilines is 1. The van der Waals surface area contributed by atoms with Crippen LogP contribution in [0.15, 0.2) is 30.6 Å². The average Bonchev–Trinajstić information content (AvgIpc) is 2.59. The van der Waals surface area contributed by atoms with E-state index in [0.29, 0.717) is 11.5 Å². The van der Waals surface area contributed by atoms with Crippen molar-refractivity contribution in [2.45, 2.75) is 12.8 Å². The van der Waals surface area contributed by atoms with Crippen LogP contribution in [0.2, 0.25) is 0 Å². The van der Waals surface area contributed by atoms with Crippen LogP contribution in [0.25, 0.3) is 0 Å². The van der Waals surface area contributed by atoms with Gasteiger partial charge in [0.15, 0.2) is 17.2 Å². The smallest absolute Gasteiger partial charge is 0.160 e. The fraction of sp³-hybridized carbons (Fsp3) is 0.312. The molecule has 0 fully saturated rings. The summed E-state index contributed by atoms with van der Waals surface area (Å²) in [6.45, 7) is 0.773. The summed E-state index contributed by atoms with van der Waals surface area (Å²) >= 11 is 0. The number of nitrogens with one attached hydrogen (secondary N) is 1. The number of aromatic nitrogens is 2. The van der Waals surface area contributed by atoms with Crippen molar-refractivity contribution < 1.29 is 9.47 Å². The van der Waals surface area contributed by atoms with Gasteiger partial charge in [-0.2, -0.15) is 5.26 Å². The zero-order chi connectivity index (χ0) is 15.8. The molecule has 0 saturated carbocycles. The van der Waals surface area contributed by atoms with Crippen LogP contribution < -0.4 is 14.8 Å². The molecule has 1 aromatic heterocycles. The lowest BCUT2D eigenvalue weighted by molar-refractivity contribution is 0.354. The van der Waals surface area contributed by atoms with Crippen LogP contribution in [-0.2, 0) is 6.42 Å². The Bertz CT molecular complexity index is 650. The first-order valence-electron chi connectivity index (χ1n) is 6.93. The van der Waals surface area contributed by atoms with E-state index in [9.17, 15) is 0 Å². The molecule has 6 heteroatoms. The van der Waals surface area contributed by atoms with Gasteiger partial charge in [0, 0.05) is 6.54 Å². The Morgan fingerprint density at radius 1 is 1.14 bits per heavy atom. The van der Waals surface area contributed by atoms with E-state index in [2.05, 4.69) is 15.3 Å². The Morgan fingerprint density at radius 3 is 2.59 bits per heavy atom. The van der Waals surface area contributed by atoms with Crippen LogP contribution >= 0.6 is 0 Å². The predicted molar refractivity (Wildman–Crippen MR) is 83.1 cm³/mol. The number of nitrogens with zero attached hydrogens (tertiary/aromatic N) is 3. The molecule has 1 heterocycles. The second-order valence-electron chi connectivity index (χ2n) is 4.62. The molecule has 2 aromatic rings. The molecule has 0 aliphatic rings. The molecule has 0 unspecified atom stereocenters. The number of nitriles is 1. The van der Waals surface area contributed by atoms with Gasteiger partial charge in [0.25, 0.3) is 0 Å². The molecule has 0 amide bonds. The largest absolute Gasteiger partial charge is 0.493 e. The minimum absolute atomic E-state index is 0.316. The Labute approximate surface area is 129 Å². The van der Waals surface area contributed by atoms with Gasteiger partial charge in [0.2, 0.25) is 0 Å². The van der Waals surface area contributed by atoms with Crippen molar-refractivity contribution in [1.29, 1.82) is 5.26 Å². The van der Waals surface area contributed by atoms with Gasteiger partial charge in [-0.05, 0) is 30.5 Å². The number of hydrogen-bond acceptors (Lipinski definition) is 6. The van der Waals surface area contributed by atoms with E-state index in [1.165, 1.54) is 11.8 Å². The van der Waals surface area contributed by atoms with E-state index in [4.69, 9.17) is 14.7 Å². The first-order valence-corrected chi connectivity index (χ1v) is 6.93. The molecule has 2 rings (SSSR count). The second-order valence-corrected chi connectivity index (χ2v) is 4.62. The molecular weight excluding hydrogens is 280 g/mol. The lowest BCUT2D eigenvalue weighted by Gasteiger charge is -2.10. The van der Waals surface area contributed by atoms with Gasteiger partial charge in [-0.25, -0.2) is 9.97 Å². The molecule has 1 aromatic carbocycles. The Balaban J connectivity index is 1.82. The third-order valence-corrected chi connectivity index (χ3v) is 3.16. The highest BCUT2D eigenvalue weighted by Crippen LogP contribution is 2.27. The van der Waals surface area contributed by atoms with Crippen LogP contribution in [-0.4, -0.2) is 30.7 Å². The summed E-state index contributed by atoms with van der Waals surface area (Å²) in [5, 5.41) is 11.8. The summed E-state index contributed by atoms with van der Waals surface area (Å²) in [6, 6.07) is 7.87. The molecular formula is C16H18N4O2.